The number of hydrogen-bond donors (Lipinski definition) is 1. The minimum absolute atomic E-state index is 0.0285. The average Bonchev–Trinajstić information content (AvgIpc) is 2.67. The lowest BCUT2D eigenvalue weighted by atomic mass is 9.75. The minimum atomic E-state index is -0.835. The summed E-state index contributed by atoms with van der Waals surface area (Å²) < 4.78 is 15.7. The Kier molecular flexibility index (Phi) is 8.31. The van der Waals surface area contributed by atoms with E-state index in [9.17, 15) is 9.59 Å². The molecule has 9 heteroatoms. The number of carbonyl (C=O) groups is 2. The summed E-state index contributed by atoms with van der Waals surface area (Å²) in [6.45, 7) is 3.55. The van der Waals surface area contributed by atoms with Crippen LogP contribution in [0, 0.1) is 5.92 Å². The van der Waals surface area contributed by atoms with Crippen LogP contribution in [0.25, 0.3) is 0 Å². The maximum Gasteiger partial charge on any atom is 0.336 e. The fourth-order valence-corrected chi connectivity index (χ4v) is 3.57. The number of halogens is 1. The van der Waals surface area contributed by atoms with Gasteiger partial charge in [0.05, 0.1) is 43.2 Å². The van der Waals surface area contributed by atoms with Crippen LogP contribution in [0.3, 0.4) is 0 Å². The number of nitrogens with two attached hydrogens (primary N) is 1. The summed E-state index contributed by atoms with van der Waals surface area (Å²) in [5.41, 5.74) is 7.08. The molecule has 0 spiro atoms. The molecule has 7 nitrogen and oxygen atoms in total. The van der Waals surface area contributed by atoms with E-state index < -0.39 is 23.8 Å². The predicted molar refractivity (Wildman–Crippen MR) is 114 cm³/mol. The van der Waals surface area contributed by atoms with Crippen molar-refractivity contribution in [1.29, 1.82) is 0 Å². The van der Waals surface area contributed by atoms with Crippen LogP contribution in [-0.4, -0.2) is 49.6 Å². The summed E-state index contributed by atoms with van der Waals surface area (Å²) in [4.78, 5) is 30.2. The van der Waals surface area contributed by atoms with Crippen LogP contribution in [0.5, 0.6) is 0 Å². The fourth-order valence-electron chi connectivity index (χ4n) is 3.24. The lowest BCUT2D eigenvalue weighted by Gasteiger charge is -2.32. The molecule has 2 atom stereocenters. The van der Waals surface area contributed by atoms with E-state index in [1.165, 1.54) is 7.11 Å². The highest BCUT2D eigenvalue weighted by molar-refractivity contribution is 7.80. The van der Waals surface area contributed by atoms with Gasteiger partial charge >= 0.3 is 11.9 Å². The number of thiocarbonyl (C=S) groups is 1. The number of methoxy groups -OCH3 is 1. The van der Waals surface area contributed by atoms with Crippen molar-refractivity contribution in [2.24, 2.45) is 16.6 Å². The Morgan fingerprint density at radius 3 is 2.59 bits per heavy atom. The van der Waals surface area contributed by atoms with Crippen molar-refractivity contribution < 1.29 is 23.8 Å². The number of nitrogens with zero attached hydrogens (tertiary/aromatic N) is 1. The van der Waals surface area contributed by atoms with Crippen molar-refractivity contribution in [3.8, 4) is 0 Å². The first-order valence-corrected chi connectivity index (χ1v) is 9.74. The molecule has 0 aliphatic carbocycles. The van der Waals surface area contributed by atoms with Crippen molar-refractivity contribution in [1.82, 2.24) is 0 Å². The van der Waals surface area contributed by atoms with Gasteiger partial charge in [0, 0.05) is 16.7 Å². The molecular formula is C20H23ClN2O5S. The molecule has 156 valence electrons. The van der Waals surface area contributed by atoms with Crippen molar-refractivity contribution >= 4 is 46.5 Å². The van der Waals surface area contributed by atoms with Gasteiger partial charge in [0.25, 0.3) is 0 Å². The maximum absolute atomic E-state index is 12.9. The van der Waals surface area contributed by atoms with E-state index in [0.29, 0.717) is 22.0 Å². The second kappa shape index (κ2) is 10.5. The molecule has 0 aromatic heterocycles. The number of benzene rings is 1. The lowest BCUT2D eigenvalue weighted by molar-refractivity contribution is -0.144. The number of ether oxygens (including phenoxy) is 3. The van der Waals surface area contributed by atoms with E-state index in [4.69, 9.17) is 43.8 Å². The van der Waals surface area contributed by atoms with Crippen LogP contribution >= 0.6 is 23.8 Å². The topological polar surface area (TPSA) is 100 Å². The van der Waals surface area contributed by atoms with E-state index in [0.717, 1.165) is 0 Å². The molecule has 1 aliphatic heterocycles. The standard InChI is InChI=1S/C20H23ClN2O5S/c1-4-28-20(25)18-14(9-27-10-15(22)29)23-11(2)16(19(24)26-3)17(18)12-7-5-6-8-13(12)21/h5-8,16-17H,4,9-10H2,1-3H3,(H2,22,29). The SMILES string of the molecule is CCOC(=O)C1=C(COCC(N)=S)N=C(C)C(C(=O)OC)C1c1ccccc1Cl. The molecule has 0 saturated heterocycles. The molecule has 2 rings (SSSR count). The molecule has 1 heterocycles. The van der Waals surface area contributed by atoms with Gasteiger partial charge in [-0.3, -0.25) is 9.79 Å². The number of esters is 2. The van der Waals surface area contributed by atoms with Crippen LogP contribution in [-0.2, 0) is 23.8 Å². The molecule has 29 heavy (non-hydrogen) atoms. The molecule has 0 bridgehead atoms. The highest BCUT2D eigenvalue weighted by Gasteiger charge is 2.43. The molecular weight excluding hydrogens is 416 g/mol. The molecule has 1 aromatic rings. The summed E-state index contributed by atoms with van der Waals surface area (Å²) in [5, 5.41) is 0.409. The monoisotopic (exact) mass is 438 g/mol. The zero-order valence-electron chi connectivity index (χ0n) is 16.4. The lowest BCUT2D eigenvalue weighted by Crippen LogP contribution is -2.37. The van der Waals surface area contributed by atoms with E-state index in [1.807, 2.05) is 0 Å². The Bertz CT molecular complexity index is 868. The van der Waals surface area contributed by atoms with Crippen LogP contribution in [0.15, 0.2) is 40.5 Å². The van der Waals surface area contributed by atoms with Gasteiger partial charge in [-0.15, -0.1) is 0 Å². The van der Waals surface area contributed by atoms with Gasteiger partial charge < -0.3 is 19.9 Å². The van der Waals surface area contributed by atoms with Crippen molar-refractivity contribution in [3.63, 3.8) is 0 Å². The molecule has 0 radical (unpaired) electrons. The van der Waals surface area contributed by atoms with Gasteiger partial charge in [0.15, 0.2) is 0 Å². The van der Waals surface area contributed by atoms with Gasteiger partial charge in [-0.1, -0.05) is 42.0 Å². The maximum atomic E-state index is 12.9. The number of aliphatic imine (C=N–C) groups is 1. The van der Waals surface area contributed by atoms with Crippen LogP contribution in [0.1, 0.15) is 25.3 Å². The Labute approximate surface area is 179 Å². The number of hydrogen-bond acceptors (Lipinski definition) is 7. The van der Waals surface area contributed by atoms with E-state index in [1.54, 1.807) is 38.1 Å². The molecule has 2 unspecified atom stereocenters. The number of carbonyl (C=O) groups excluding carboxylic acids is 2. The van der Waals surface area contributed by atoms with Crippen molar-refractivity contribution in [2.75, 3.05) is 26.9 Å². The molecule has 1 aromatic carbocycles. The summed E-state index contributed by atoms with van der Waals surface area (Å²) >= 11 is 11.3. The summed E-state index contributed by atoms with van der Waals surface area (Å²) in [5.74, 6) is -2.70. The highest BCUT2D eigenvalue weighted by atomic mass is 35.5. The van der Waals surface area contributed by atoms with Gasteiger partial charge in [-0.25, -0.2) is 4.79 Å². The zero-order valence-corrected chi connectivity index (χ0v) is 18.0. The van der Waals surface area contributed by atoms with Gasteiger partial charge in [0.2, 0.25) is 0 Å². The predicted octanol–water partition coefficient (Wildman–Crippen LogP) is 2.81. The van der Waals surface area contributed by atoms with E-state index in [-0.39, 0.29) is 30.4 Å². The van der Waals surface area contributed by atoms with Crippen LogP contribution < -0.4 is 5.73 Å². The third-order valence-corrected chi connectivity index (χ3v) is 4.85. The number of rotatable bonds is 8. The second-order valence-electron chi connectivity index (χ2n) is 6.29. The summed E-state index contributed by atoms with van der Waals surface area (Å²) in [7, 11) is 1.29. The first kappa shape index (κ1) is 23.0. The molecule has 0 fully saturated rings. The first-order chi connectivity index (χ1) is 13.8. The smallest absolute Gasteiger partial charge is 0.336 e. The quantitative estimate of drug-likeness (QED) is 0.492. The van der Waals surface area contributed by atoms with Gasteiger partial charge in [-0.05, 0) is 25.5 Å². The molecule has 0 saturated carbocycles. The van der Waals surface area contributed by atoms with Gasteiger partial charge in [0.1, 0.15) is 5.92 Å². The molecule has 1 aliphatic rings. The Balaban J connectivity index is 2.66. The van der Waals surface area contributed by atoms with Crippen LogP contribution in [0.4, 0.5) is 0 Å². The summed E-state index contributed by atoms with van der Waals surface area (Å²) in [6.07, 6.45) is 0. The normalized spacial score (nSPS) is 18.8. The summed E-state index contributed by atoms with van der Waals surface area (Å²) in [6, 6.07) is 7.00. The average molecular weight is 439 g/mol. The highest BCUT2D eigenvalue weighted by Crippen LogP contribution is 2.42. The van der Waals surface area contributed by atoms with E-state index >= 15 is 0 Å². The Morgan fingerprint density at radius 1 is 1.31 bits per heavy atom. The van der Waals surface area contributed by atoms with E-state index in [2.05, 4.69) is 4.99 Å². The van der Waals surface area contributed by atoms with Gasteiger partial charge in [-0.2, -0.15) is 0 Å². The van der Waals surface area contributed by atoms with Crippen molar-refractivity contribution in [2.45, 2.75) is 19.8 Å². The third-order valence-electron chi connectivity index (χ3n) is 4.39. The Morgan fingerprint density at radius 2 is 2.00 bits per heavy atom. The second-order valence-corrected chi connectivity index (χ2v) is 7.22. The zero-order chi connectivity index (χ0) is 21.6. The third kappa shape index (κ3) is 5.41. The molecule has 0 amide bonds. The molecule has 2 N–H and O–H groups in total. The minimum Gasteiger partial charge on any atom is -0.468 e. The fraction of sp³-hybridized carbons (Fsp3) is 0.400. The van der Waals surface area contributed by atoms with Crippen molar-refractivity contribution in [3.05, 3.63) is 46.1 Å². The first-order valence-electron chi connectivity index (χ1n) is 8.95. The largest absolute Gasteiger partial charge is 0.468 e. The Hall–Kier alpha value is -2.29. The van der Waals surface area contributed by atoms with Crippen LogP contribution in [0.2, 0.25) is 5.02 Å².